The van der Waals surface area contributed by atoms with E-state index in [-0.39, 0.29) is 23.2 Å². The van der Waals surface area contributed by atoms with Gasteiger partial charge in [0.15, 0.2) is 0 Å². The minimum absolute atomic E-state index is 0.00824. The van der Waals surface area contributed by atoms with Gasteiger partial charge in [-0.1, -0.05) is 176 Å². The Morgan fingerprint density at radius 3 is 1.52 bits per heavy atom. The molecule has 5 nitrogen and oxygen atoms in total. The molecule has 12 rings (SSSR count). The molecular formula is C74H70BBrN4O. The van der Waals surface area contributed by atoms with E-state index in [4.69, 9.17) is 4.74 Å². The van der Waals surface area contributed by atoms with Crippen LogP contribution in [0.4, 0.5) is 56.9 Å². The molecule has 10 aromatic carbocycles. The van der Waals surface area contributed by atoms with E-state index in [1.54, 1.807) is 0 Å². The first kappa shape index (κ1) is 53.4. The quantitative estimate of drug-likeness (QED) is 0.120. The zero-order valence-corrected chi connectivity index (χ0v) is 50.1. The molecule has 0 atom stereocenters. The lowest BCUT2D eigenvalue weighted by atomic mass is 9.60. The van der Waals surface area contributed by atoms with E-state index in [1.165, 1.54) is 50.0 Å². The van der Waals surface area contributed by atoms with E-state index in [0.29, 0.717) is 0 Å². The fraction of sp³-hybridized carbons (Fsp3) is 0.189. The van der Waals surface area contributed by atoms with Gasteiger partial charge in [-0.25, -0.2) is 0 Å². The van der Waals surface area contributed by atoms with Crippen molar-refractivity contribution in [3.63, 3.8) is 0 Å². The van der Waals surface area contributed by atoms with Gasteiger partial charge in [0.1, 0.15) is 11.5 Å². The predicted octanol–water partition coefficient (Wildman–Crippen LogP) is 20.7. The number of benzene rings is 10. The van der Waals surface area contributed by atoms with Crippen molar-refractivity contribution in [1.29, 1.82) is 0 Å². The van der Waals surface area contributed by atoms with Crippen LogP contribution in [0.2, 0.25) is 0 Å². The van der Waals surface area contributed by atoms with Crippen LogP contribution in [0.1, 0.15) is 94.3 Å². The summed E-state index contributed by atoms with van der Waals surface area (Å²) >= 11 is 4.22. The van der Waals surface area contributed by atoms with Gasteiger partial charge in [0, 0.05) is 45.2 Å². The molecule has 1 aliphatic carbocycles. The van der Waals surface area contributed by atoms with Crippen LogP contribution >= 0.6 is 15.9 Å². The summed E-state index contributed by atoms with van der Waals surface area (Å²) in [6.45, 7) is 25.0. The average Bonchev–Trinajstić information content (AvgIpc) is 4.10. The zero-order chi connectivity index (χ0) is 56.5. The van der Waals surface area contributed by atoms with Crippen LogP contribution in [0.5, 0.6) is 11.5 Å². The largest absolute Gasteiger partial charge is 0.456 e. The van der Waals surface area contributed by atoms with Crippen molar-refractivity contribution in [1.82, 2.24) is 0 Å². The Morgan fingerprint density at radius 1 is 0.444 bits per heavy atom. The van der Waals surface area contributed by atoms with Crippen LogP contribution in [-0.2, 0) is 16.2 Å². The maximum absolute atomic E-state index is 7.13. The number of para-hydroxylation sites is 4. The molecule has 0 fully saturated rings. The van der Waals surface area contributed by atoms with Crippen molar-refractivity contribution in [3.05, 3.63) is 268 Å². The van der Waals surface area contributed by atoms with Crippen LogP contribution < -0.4 is 29.6 Å². The molecule has 0 radical (unpaired) electrons. The summed E-state index contributed by atoms with van der Waals surface area (Å²) in [4.78, 5) is 9.82. The topological polar surface area (TPSA) is 22.2 Å². The standard InChI is InChI=1S/C74H70BBrN4O/c1-49-42-68(71(76)69(43-49)81-61-38-40-64-63(48-61)62-39-36-59(46-65(62)74(64,10)11)77(54-24-16-12-17-25-54)55-26-18-13-19-27-55)78(56-34-32-52(33-35-56)72(4,5)6)60-37-41-66-67(47-60)80(58-30-22-15-23-31-58)75(79(66)57-28-20-14-21-29-57)70-50(2)44-53(45-51(70)3)73(7,8)9/h12-48H,1-11H3. The molecule has 0 saturated heterocycles. The van der Waals surface area contributed by atoms with Gasteiger partial charge in [0.25, 0.3) is 0 Å². The summed E-state index contributed by atoms with van der Waals surface area (Å²) in [7, 11) is 0. The van der Waals surface area contributed by atoms with E-state index in [2.05, 4.69) is 336 Å². The number of aryl methyl sites for hydroxylation is 3. The number of fused-ring (bicyclic) bond motifs is 4. The summed E-state index contributed by atoms with van der Waals surface area (Å²) < 4.78 is 7.99. The molecule has 0 bridgehead atoms. The Bertz CT molecular complexity index is 3900. The Morgan fingerprint density at radius 2 is 0.951 bits per heavy atom. The van der Waals surface area contributed by atoms with Gasteiger partial charge < -0.3 is 24.2 Å². The van der Waals surface area contributed by atoms with Crippen molar-refractivity contribution in [2.75, 3.05) is 19.4 Å². The molecule has 1 aliphatic heterocycles. The van der Waals surface area contributed by atoms with E-state index in [9.17, 15) is 0 Å². The molecule has 0 saturated carbocycles. The number of hydrogen-bond donors (Lipinski definition) is 0. The van der Waals surface area contributed by atoms with Gasteiger partial charge in [0.2, 0.25) is 0 Å². The summed E-state index contributed by atoms with van der Waals surface area (Å²) in [5.74, 6) is 1.52. The maximum Gasteiger partial charge on any atom is 0.421 e. The van der Waals surface area contributed by atoms with Crippen molar-refractivity contribution in [3.8, 4) is 22.6 Å². The molecule has 0 amide bonds. The van der Waals surface area contributed by atoms with Crippen LogP contribution in [0.25, 0.3) is 11.1 Å². The maximum atomic E-state index is 7.13. The fourth-order valence-corrected chi connectivity index (χ4v) is 12.9. The van der Waals surface area contributed by atoms with Crippen LogP contribution in [-0.4, -0.2) is 6.98 Å². The molecule has 7 heteroatoms. The molecule has 2 aliphatic rings. The normalized spacial score (nSPS) is 13.5. The molecule has 0 N–H and O–H groups in total. The van der Waals surface area contributed by atoms with Gasteiger partial charge in [-0.15, -0.1) is 0 Å². The highest BCUT2D eigenvalue weighted by molar-refractivity contribution is 9.10. The lowest BCUT2D eigenvalue weighted by Crippen LogP contribution is -2.55. The van der Waals surface area contributed by atoms with Crippen molar-refractivity contribution >= 4 is 85.2 Å². The van der Waals surface area contributed by atoms with Gasteiger partial charge in [-0.2, -0.15) is 0 Å². The van der Waals surface area contributed by atoms with Crippen molar-refractivity contribution in [2.45, 2.75) is 92.4 Å². The van der Waals surface area contributed by atoms with Crippen molar-refractivity contribution in [2.24, 2.45) is 0 Å². The number of rotatable bonds is 11. The predicted molar refractivity (Wildman–Crippen MR) is 348 cm³/mol. The number of ether oxygens (including phenoxy) is 1. The molecule has 1 heterocycles. The first-order chi connectivity index (χ1) is 38.8. The van der Waals surface area contributed by atoms with Crippen LogP contribution in [0, 0.1) is 20.8 Å². The third kappa shape index (κ3) is 9.80. The fourth-order valence-electron chi connectivity index (χ4n) is 12.4. The van der Waals surface area contributed by atoms with Gasteiger partial charge in [-0.3, -0.25) is 0 Å². The smallest absolute Gasteiger partial charge is 0.421 e. The molecule has 0 spiro atoms. The molecule has 81 heavy (non-hydrogen) atoms. The second-order valence-corrected chi connectivity index (χ2v) is 25.4. The second kappa shape index (κ2) is 20.7. The SMILES string of the molecule is Cc1cc(Oc2ccc3c(c2)-c2ccc(N(c4ccccc4)c4ccccc4)cc2C3(C)C)c(Br)c(N(c2ccc(C(C)(C)C)cc2)c2ccc3c(c2)N(c2ccccc2)B(c2c(C)cc(C(C)(C)C)cc2C)N3c2ccccc2)c1. The van der Waals surface area contributed by atoms with E-state index in [0.717, 1.165) is 78.4 Å². The van der Waals surface area contributed by atoms with E-state index >= 15 is 0 Å². The Labute approximate surface area is 489 Å². The first-order valence-corrected chi connectivity index (χ1v) is 29.2. The third-order valence-electron chi connectivity index (χ3n) is 16.6. The summed E-state index contributed by atoms with van der Waals surface area (Å²) in [5, 5.41) is 0. The number of hydrogen-bond acceptors (Lipinski definition) is 5. The minimum Gasteiger partial charge on any atom is -0.456 e. The summed E-state index contributed by atoms with van der Waals surface area (Å²) in [5.41, 5.74) is 23.2. The van der Waals surface area contributed by atoms with Crippen molar-refractivity contribution < 1.29 is 4.74 Å². The lowest BCUT2D eigenvalue weighted by molar-refractivity contribution is 0.479. The molecule has 402 valence electrons. The lowest BCUT2D eigenvalue weighted by Gasteiger charge is -2.33. The van der Waals surface area contributed by atoms with Gasteiger partial charge >= 0.3 is 6.98 Å². The highest BCUT2D eigenvalue weighted by Gasteiger charge is 2.46. The summed E-state index contributed by atoms with van der Waals surface area (Å²) in [6, 6.07) is 82.0. The number of halogens is 1. The minimum atomic E-state index is -0.239. The average molecular weight is 1120 g/mol. The Hall–Kier alpha value is -8.26. The van der Waals surface area contributed by atoms with Gasteiger partial charge in [0.05, 0.1) is 21.5 Å². The molecule has 0 aromatic heterocycles. The van der Waals surface area contributed by atoms with Crippen LogP contribution in [0.15, 0.2) is 229 Å². The zero-order valence-electron chi connectivity index (χ0n) is 48.5. The van der Waals surface area contributed by atoms with E-state index < -0.39 is 0 Å². The molecule has 0 unspecified atom stereocenters. The highest BCUT2D eigenvalue weighted by Crippen LogP contribution is 2.54. The van der Waals surface area contributed by atoms with Gasteiger partial charge in [-0.05, 0) is 207 Å². The molecule has 10 aromatic rings. The van der Waals surface area contributed by atoms with E-state index in [1.807, 2.05) is 0 Å². The third-order valence-corrected chi connectivity index (χ3v) is 17.4. The number of anilines is 10. The second-order valence-electron chi connectivity index (χ2n) is 24.6. The highest BCUT2D eigenvalue weighted by atomic mass is 79.9. The Kier molecular flexibility index (Phi) is 13.6. The first-order valence-electron chi connectivity index (χ1n) is 28.4. The Balaban J connectivity index is 0.976. The number of nitrogens with zero attached hydrogens (tertiary/aromatic N) is 4. The summed E-state index contributed by atoms with van der Waals surface area (Å²) in [6.07, 6.45) is 0. The van der Waals surface area contributed by atoms with Crippen LogP contribution in [0.3, 0.4) is 0 Å². The monoisotopic (exact) mass is 1120 g/mol. The molecular weight excluding hydrogens is 1050 g/mol.